The molecule has 0 unspecified atom stereocenters. The summed E-state index contributed by atoms with van der Waals surface area (Å²) in [4.78, 5) is 0. The molecule has 0 aliphatic carbocycles. The van der Waals surface area contributed by atoms with Gasteiger partial charge in [0.1, 0.15) is 6.54 Å². The minimum Gasteiger partial charge on any atom is -0.321 e. The molecule has 1 radical (unpaired) electrons. The van der Waals surface area contributed by atoms with Gasteiger partial charge in [0.2, 0.25) is 0 Å². The van der Waals surface area contributed by atoms with Crippen LogP contribution in [0.5, 0.6) is 0 Å². The number of quaternary nitrogens is 1. The first-order valence-corrected chi connectivity index (χ1v) is 2.38. The van der Waals surface area contributed by atoms with E-state index in [-0.39, 0.29) is 0 Å². The molecule has 1 nitrogen and oxygen atoms in total. The van der Waals surface area contributed by atoms with E-state index in [4.69, 9.17) is 0 Å². The van der Waals surface area contributed by atoms with Gasteiger partial charge < -0.3 is 4.48 Å². The van der Waals surface area contributed by atoms with Gasteiger partial charge in [0.05, 0.1) is 27.1 Å². The summed E-state index contributed by atoms with van der Waals surface area (Å²) in [5, 5.41) is 0. The van der Waals surface area contributed by atoms with E-state index >= 15 is 0 Å². The van der Waals surface area contributed by atoms with Crippen LogP contribution >= 0.6 is 0 Å². The largest absolute Gasteiger partial charge is 0.321 e. The van der Waals surface area contributed by atoms with Crippen molar-refractivity contribution < 1.29 is 4.48 Å². The first-order valence-electron chi connectivity index (χ1n) is 2.38. The molecule has 1 heteroatoms. The van der Waals surface area contributed by atoms with Crippen LogP contribution in [0.15, 0.2) is 0 Å². The highest BCUT2D eigenvalue weighted by Crippen LogP contribution is 2.16. The van der Waals surface area contributed by atoms with Crippen LogP contribution in [0, 0.1) is 6.54 Å². The molecule has 1 heterocycles. The Bertz CT molecular complexity index is 51.0. The lowest BCUT2D eigenvalue weighted by molar-refractivity contribution is -0.895. The van der Waals surface area contributed by atoms with Gasteiger partial charge in [-0.1, -0.05) is 0 Å². The monoisotopic (exact) mass is 85.1 g/mol. The van der Waals surface area contributed by atoms with Crippen LogP contribution in [-0.2, 0) is 0 Å². The van der Waals surface area contributed by atoms with E-state index in [0.717, 1.165) is 4.48 Å². The second kappa shape index (κ2) is 0.969. The fourth-order valence-corrected chi connectivity index (χ4v) is 0.645. The van der Waals surface area contributed by atoms with Crippen molar-refractivity contribution in [3.63, 3.8) is 0 Å². The van der Waals surface area contributed by atoms with E-state index in [1.165, 1.54) is 13.0 Å². The molecule has 1 fully saturated rings. The third-order valence-electron chi connectivity index (χ3n) is 1.33. The summed E-state index contributed by atoms with van der Waals surface area (Å²) in [5.74, 6) is 0. The van der Waals surface area contributed by atoms with Crippen molar-refractivity contribution >= 4 is 0 Å². The Labute approximate surface area is 39.2 Å². The summed E-state index contributed by atoms with van der Waals surface area (Å²) < 4.78 is 1.12. The highest BCUT2D eigenvalue weighted by Gasteiger charge is 2.25. The molecule has 0 spiro atoms. The number of likely N-dealkylation sites (tertiary alicyclic amines) is 1. The highest BCUT2D eigenvalue weighted by molar-refractivity contribution is 4.60. The fourth-order valence-electron chi connectivity index (χ4n) is 0.645. The summed E-state index contributed by atoms with van der Waals surface area (Å²) in [5.41, 5.74) is 0. The molecular formula is C5H11N+. The highest BCUT2D eigenvalue weighted by atomic mass is 15.3. The second-order valence-corrected chi connectivity index (χ2v) is 2.47. The normalized spacial score (nSPS) is 29.0. The third kappa shape index (κ3) is 0.548. The minimum absolute atomic E-state index is 1.12. The molecule has 0 aromatic carbocycles. The lowest BCUT2D eigenvalue weighted by Gasteiger charge is -2.36. The summed E-state index contributed by atoms with van der Waals surface area (Å²) in [6.07, 6.45) is 1.31. The van der Waals surface area contributed by atoms with E-state index in [1.54, 1.807) is 0 Å². The molecule has 0 bridgehead atoms. The van der Waals surface area contributed by atoms with Gasteiger partial charge in [-0.25, -0.2) is 0 Å². The molecule has 0 saturated carbocycles. The first-order chi connectivity index (χ1) is 2.71. The lowest BCUT2D eigenvalue weighted by Crippen LogP contribution is -2.46. The summed E-state index contributed by atoms with van der Waals surface area (Å²) in [7, 11) is 4.42. The molecule has 35 valence electrons. The van der Waals surface area contributed by atoms with E-state index in [9.17, 15) is 0 Å². The van der Waals surface area contributed by atoms with E-state index in [1.807, 2.05) is 0 Å². The van der Waals surface area contributed by atoms with Crippen molar-refractivity contribution in [2.24, 2.45) is 0 Å². The Hall–Kier alpha value is -0.0400. The van der Waals surface area contributed by atoms with Crippen molar-refractivity contribution in [1.29, 1.82) is 0 Å². The SMILES string of the molecule is C[N+]1(C)[CH]CC1. The Balaban J connectivity index is 2.31. The standard InChI is InChI=1S/C5H11N/c1-6(2)4-3-5-6/h4H,3,5H2,1-2H3/q+1. The molecule has 1 aliphatic rings. The smallest absolute Gasteiger partial charge is 0.147 e. The quantitative estimate of drug-likeness (QED) is 0.378. The number of nitrogens with zero attached hydrogens (tertiary/aromatic N) is 1. The molecule has 0 amide bonds. The Morgan fingerprint density at radius 3 is 1.83 bits per heavy atom. The van der Waals surface area contributed by atoms with Gasteiger partial charge in [-0.05, 0) is 0 Å². The van der Waals surface area contributed by atoms with Gasteiger partial charge in [0, 0.05) is 0 Å². The maximum absolute atomic E-state index is 2.31. The van der Waals surface area contributed by atoms with Gasteiger partial charge in [0.15, 0.2) is 0 Å². The van der Waals surface area contributed by atoms with Crippen molar-refractivity contribution in [1.82, 2.24) is 0 Å². The molecule has 6 heavy (non-hydrogen) atoms. The average Bonchev–Trinajstić information content (AvgIpc) is 1.32. The molecule has 1 rings (SSSR count). The Morgan fingerprint density at radius 1 is 1.50 bits per heavy atom. The zero-order valence-electron chi connectivity index (χ0n) is 4.44. The van der Waals surface area contributed by atoms with Crippen LogP contribution in [0.25, 0.3) is 0 Å². The van der Waals surface area contributed by atoms with Crippen LogP contribution in [0.3, 0.4) is 0 Å². The van der Waals surface area contributed by atoms with Gasteiger partial charge >= 0.3 is 0 Å². The first kappa shape index (κ1) is 4.13. The van der Waals surface area contributed by atoms with E-state index in [0.29, 0.717) is 0 Å². The maximum atomic E-state index is 2.31. The average molecular weight is 85.2 g/mol. The predicted octanol–water partition coefficient (Wildman–Crippen LogP) is 0.628. The van der Waals surface area contributed by atoms with Crippen LogP contribution in [0.4, 0.5) is 0 Å². The van der Waals surface area contributed by atoms with Crippen molar-refractivity contribution in [2.45, 2.75) is 6.42 Å². The molecular weight excluding hydrogens is 74.1 g/mol. The second-order valence-electron chi connectivity index (χ2n) is 2.47. The third-order valence-corrected chi connectivity index (χ3v) is 1.33. The zero-order chi connectivity index (χ0) is 4.62. The number of hydrogen-bond acceptors (Lipinski definition) is 0. The Morgan fingerprint density at radius 2 is 1.83 bits per heavy atom. The lowest BCUT2D eigenvalue weighted by atomic mass is 10.2. The molecule has 0 atom stereocenters. The minimum atomic E-state index is 1.12. The number of hydrogen-bond donors (Lipinski definition) is 0. The van der Waals surface area contributed by atoms with E-state index in [2.05, 4.69) is 20.6 Å². The summed E-state index contributed by atoms with van der Waals surface area (Å²) >= 11 is 0. The van der Waals surface area contributed by atoms with Gasteiger partial charge in [0.25, 0.3) is 0 Å². The van der Waals surface area contributed by atoms with Crippen molar-refractivity contribution in [2.75, 3.05) is 20.6 Å². The molecule has 1 saturated heterocycles. The van der Waals surface area contributed by atoms with Crippen LogP contribution in [0.1, 0.15) is 6.42 Å². The van der Waals surface area contributed by atoms with Gasteiger partial charge in [-0.15, -0.1) is 0 Å². The van der Waals surface area contributed by atoms with E-state index < -0.39 is 0 Å². The maximum Gasteiger partial charge on any atom is 0.147 e. The topological polar surface area (TPSA) is 0 Å². The molecule has 0 aromatic heterocycles. The van der Waals surface area contributed by atoms with Crippen LogP contribution in [0.2, 0.25) is 0 Å². The Kier molecular flexibility index (Phi) is 0.667. The molecule has 1 aliphatic heterocycles. The van der Waals surface area contributed by atoms with Crippen LogP contribution in [-0.4, -0.2) is 25.1 Å². The number of rotatable bonds is 0. The summed E-state index contributed by atoms with van der Waals surface area (Å²) in [6.45, 7) is 3.64. The van der Waals surface area contributed by atoms with Gasteiger partial charge in [-0.3, -0.25) is 0 Å². The van der Waals surface area contributed by atoms with Crippen molar-refractivity contribution in [3.8, 4) is 0 Å². The molecule has 0 aromatic rings. The molecule has 0 N–H and O–H groups in total. The van der Waals surface area contributed by atoms with Crippen molar-refractivity contribution in [3.05, 3.63) is 6.54 Å². The zero-order valence-corrected chi connectivity index (χ0v) is 4.44. The fraction of sp³-hybridized carbons (Fsp3) is 0.800. The van der Waals surface area contributed by atoms with Gasteiger partial charge in [-0.2, -0.15) is 0 Å². The van der Waals surface area contributed by atoms with Crippen LogP contribution < -0.4 is 0 Å². The summed E-state index contributed by atoms with van der Waals surface area (Å²) in [6, 6.07) is 0. The predicted molar refractivity (Wildman–Crippen MR) is 25.9 cm³/mol.